The Morgan fingerprint density at radius 3 is 1.33 bits per heavy atom. The van der Waals surface area contributed by atoms with E-state index >= 15 is 0 Å². The average molecular weight is 593 g/mol. The first-order valence-corrected chi connectivity index (χ1v) is 16.6. The van der Waals surface area contributed by atoms with Crippen molar-refractivity contribution in [1.29, 1.82) is 0 Å². The van der Waals surface area contributed by atoms with Crippen molar-refractivity contribution in [1.82, 2.24) is 20.4 Å². The Balaban J connectivity index is 1.75. The topological polar surface area (TPSA) is 71.0 Å². The summed E-state index contributed by atoms with van der Waals surface area (Å²) in [5.41, 5.74) is 6.50. The first-order chi connectivity index (χ1) is 20.0. The van der Waals surface area contributed by atoms with E-state index in [0.717, 1.165) is 41.5 Å². The van der Waals surface area contributed by atoms with Crippen molar-refractivity contribution < 1.29 is 10.2 Å². The molecule has 1 heterocycles. The van der Waals surface area contributed by atoms with Crippen LogP contribution in [-0.4, -0.2) is 58.3 Å². The zero-order chi connectivity index (χ0) is 31.7. The van der Waals surface area contributed by atoms with Crippen LogP contribution < -0.4 is 10.6 Å². The molecule has 2 aromatic carbocycles. The molecule has 4 atom stereocenters. The fraction of sp³-hybridized carbons (Fsp3) is 0.676. The van der Waals surface area contributed by atoms with Crippen LogP contribution in [0.2, 0.25) is 0 Å². The van der Waals surface area contributed by atoms with Crippen molar-refractivity contribution in [3.8, 4) is 11.5 Å². The molecule has 0 amide bonds. The molecule has 0 spiro atoms. The first kappa shape index (κ1) is 33.8. The number of benzene rings is 2. The first-order valence-electron chi connectivity index (χ1n) is 16.6. The number of nitrogens with one attached hydrogen (secondary N) is 2. The summed E-state index contributed by atoms with van der Waals surface area (Å²) < 4.78 is 0. The molecule has 4 unspecified atom stereocenters. The lowest BCUT2D eigenvalue weighted by atomic mass is 9.83. The number of hydrogen-bond acceptors (Lipinski definition) is 6. The maximum Gasteiger partial charge on any atom is 0.124 e. The second-order valence-electron chi connectivity index (χ2n) is 15.8. The summed E-state index contributed by atoms with van der Waals surface area (Å²) in [5, 5.41) is 30.5. The van der Waals surface area contributed by atoms with Gasteiger partial charge in [-0.2, -0.15) is 0 Å². The molecule has 4 N–H and O–H groups in total. The zero-order valence-electron chi connectivity index (χ0n) is 28.8. The van der Waals surface area contributed by atoms with Crippen LogP contribution >= 0.6 is 0 Å². The third-order valence-corrected chi connectivity index (χ3v) is 9.92. The van der Waals surface area contributed by atoms with E-state index in [1.807, 2.05) is 0 Å². The van der Waals surface area contributed by atoms with Gasteiger partial charge in [0.2, 0.25) is 0 Å². The summed E-state index contributed by atoms with van der Waals surface area (Å²) in [5.74, 6) is 0.861. The molecule has 43 heavy (non-hydrogen) atoms. The number of fused-ring (bicyclic) bond motifs is 5. The lowest BCUT2D eigenvalue weighted by Crippen LogP contribution is -2.50. The van der Waals surface area contributed by atoms with E-state index in [9.17, 15) is 10.2 Å². The van der Waals surface area contributed by atoms with Gasteiger partial charge < -0.3 is 20.8 Å². The van der Waals surface area contributed by atoms with Crippen molar-refractivity contribution in [2.75, 3.05) is 14.1 Å². The van der Waals surface area contributed by atoms with E-state index in [1.165, 1.54) is 24.0 Å². The second kappa shape index (κ2) is 13.5. The van der Waals surface area contributed by atoms with Crippen molar-refractivity contribution in [3.63, 3.8) is 0 Å². The van der Waals surface area contributed by atoms with E-state index in [2.05, 4.69) is 114 Å². The number of phenols is 2. The lowest BCUT2D eigenvalue weighted by molar-refractivity contribution is 0.0684. The van der Waals surface area contributed by atoms with Crippen molar-refractivity contribution in [2.45, 2.75) is 149 Å². The van der Waals surface area contributed by atoms with Gasteiger partial charge in [0.05, 0.1) is 0 Å². The molecule has 1 fully saturated rings. The summed E-state index contributed by atoms with van der Waals surface area (Å²) in [6, 6.07) is 10.1. The van der Waals surface area contributed by atoms with Gasteiger partial charge in [-0.15, -0.1) is 0 Å². The molecular formula is C37H60N4O2. The molecule has 6 nitrogen and oxygen atoms in total. The monoisotopic (exact) mass is 592 g/mol. The summed E-state index contributed by atoms with van der Waals surface area (Å²) in [6.07, 6.45) is 5.66. The highest BCUT2D eigenvalue weighted by atomic mass is 16.3. The van der Waals surface area contributed by atoms with Crippen LogP contribution in [0.3, 0.4) is 0 Å². The van der Waals surface area contributed by atoms with Gasteiger partial charge in [-0.3, -0.25) is 9.80 Å². The third-order valence-electron chi connectivity index (χ3n) is 9.92. The Labute approximate surface area is 262 Å². The Morgan fingerprint density at radius 2 is 0.977 bits per heavy atom. The molecule has 0 aromatic heterocycles. The maximum absolute atomic E-state index is 11.6. The van der Waals surface area contributed by atoms with Gasteiger partial charge in [-0.05, 0) is 69.2 Å². The predicted molar refractivity (Wildman–Crippen MR) is 180 cm³/mol. The Bertz CT molecular complexity index is 1150. The van der Waals surface area contributed by atoms with Crippen molar-refractivity contribution in [2.24, 2.45) is 0 Å². The lowest BCUT2D eigenvalue weighted by Gasteiger charge is -2.43. The molecular weight excluding hydrogens is 532 g/mol. The van der Waals surface area contributed by atoms with Gasteiger partial charge in [0.25, 0.3) is 0 Å². The number of hydrogen-bond donors (Lipinski definition) is 4. The van der Waals surface area contributed by atoms with Crippen LogP contribution in [0.15, 0.2) is 24.3 Å². The summed E-state index contributed by atoms with van der Waals surface area (Å²) in [4.78, 5) is 4.94. The van der Waals surface area contributed by atoms with Crippen LogP contribution in [0, 0.1) is 0 Å². The molecule has 1 aliphatic carbocycles. The van der Waals surface area contributed by atoms with Crippen LogP contribution in [-0.2, 0) is 37.0 Å². The van der Waals surface area contributed by atoms with Crippen LogP contribution in [0.25, 0.3) is 0 Å². The molecule has 6 heteroatoms. The molecule has 240 valence electrons. The van der Waals surface area contributed by atoms with Gasteiger partial charge in [-0.25, -0.2) is 0 Å². The number of phenolic OH excluding ortho intramolecular Hbond substituents is 2. The molecule has 2 aromatic rings. The maximum atomic E-state index is 11.6. The van der Waals surface area contributed by atoms with Gasteiger partial charge in [0.1, 0.15) is 11.5 Å². The van der Waals surface area contributed by atoms with Gasteiger partial charge in [0.15, 0.2) is 0 Å². The summed E-state index contributed by atoms with van der Waals surface area (Å²) in [7, 11) is 4.46. The van der Waals surface area contributed by atoms with Crippen LogP contribution in [0.1, 0.15) is 121 Å². The molecule has 1 aliphatic heterocycles. The Kier molecular flexibility index (Phi) is 10.6. The van der Waals surface area contributed by atoms with E-state index < -0.39 is 0 Å². The SMILES string of the molecule is CC1CC(C)NCc2cc(C(C)(C)C)cc(c2O)CN(C)C2CCCCC2N(C)Cc2cc(C(C)(C)C)cc(c2O)CN1. The molecule has 4 rings (SSSR count). The highest BCUT2D eigenvalue weighted by Crippen LogP contribution is 2.36. The van der Waals surface area contributed by atoms with Gasteiger partial charge in [0, 0.05) is 72.6 Å². The molecule has 4 bridgehead atoms. The third kappa shape index (κ3) is 8.33. The van der Waals surface area contributed by atoms with Crippen molar-refractivity contribution >= 4 is 0 Å². The predicted octanol–water partition coefficient (Wildman–Crippen LogP) is 6.93. The Hall–Kier alpha value is -2.12. The van der Waals surface area contributed by atoms with E-state index in [1.54, 1.807) is 0 Å². The van der Waals surface area contributed by atoms with E-state index in [4.69, 9.17) is 0 Å². The van der Waals surface area contributed by atoms with Crippen LogP contribution in [0.5, 0.6) is 11.5 Å². The number of rotatable bonds is 0. The highest BCUT2D eigenvalue weighted by Gasteiger charge is 2.33. The fourth-order valence-electron chi connectivity index (χ4n) is 7.05. The normalized spacial score (nSPS) is 25.8. The second-order valence-corrected chi connectivity index (χ2v) is 15.8. The smallest absolute Gasteiger partial charge is 0.124 e. The number of aromatic hydroxyl groups is 2. The minimum absolute atomic E-state index is 0.00960. The van der Waals surface area contributed by atoms with Gasteiger partial charge in [-0.1, -0.05) is 78.6 Å². The number of nitrogens with zero attached hydrogens (tertiary/aromatic N) is 2. The summed E-state index contributed by atoms with van der Waals surface area (Å²) in [6.45, 7) is 20.6. The standard InChI is InChI=1S/C37H60N4O2/c1-24-15-25(2)39-21-27-17-31(37(6,7)8)19-29(35(27)43)23-41(10)33-14-12-11-13-32(33)40(9)22-28-18-30(36(3,4)5)16-26(20-38-24)34(28)42/h16-19,24-25,32-33,38-39,42-43H,11-15,20-23H2,1-10H3. The summed E-state index contributed by atoms with van der Waals surface area (Å²) >= 11 is 0. The molecule has 0 radical (unpaired) electrons. The quantitative estimate of drug-likeness (QED) is 0.266. The van der Waals surface area contributed by atoms with E-state index in [-0.39, 0.29) is 22.9 Å². The molecule has 2 aliphatic rings. The highest BCUT2D eigenvalue weighted by molar-refractivity contribution is 5.47. The minimum atomic E-state index is -0.00960. The Morgan fingerprint density at radius 1 is 0.628 bits per heavy atom. The molecule has 0 saturated heterocycles. The zero-order valence-corrected chi connectivity index (χ0v) is 28.8. The van der Waals surface area contributed by atoms with Gasteiger partial charge >= 0.3 is 0 Å². The minimum Gasteiger partial charge on any atom is -0.507 e. The average Bonchev–Trinajstić information content (AvgIpc) is 2.92. The number of likely N-dealkylation sites (N-methyl/N-ethyl adjacent to an activating group) is 2. The largest absolute Gasteiger partial charge is 0.507 e. The van der Waals surface area contributed by atoms with E-state index in [0.29, 0.717) is 49.8 Å². The molecule has 1 saturated carbocycles. The van der Waals surface area contributed by atoms with Crippen molar-refractivity contribution in [3.05, 3.63) is 57.6 Å². The van der Waals surface area contributed by atoms with Crippen LogP contribution in [0.4, 0.5) is 0 Å². The fourth-order valence-corrected chi connectivity index (χ4v) is 7.05.